The first-order valence-corrected chi connectivity index (χ1v) is 2.56. The lowest BCUT2D eigenvalue weighted by atomic mass is 11.1. The first-order valence-electron chi connectivity index (χ1n) is 2.56. The molecule has 0 saturated heterocycles. The second-order valence-corrected chi connectivity index (χ2v) is 1.24. The van der Waals surface area contributed by atoms with Crippen LogP contribution in [0, 0.1) is 0 Å². The van der Waals surface area contributed by atoms with Gasteiger partial charge in [-0.3, -0.25) is 21.7 Å². The molecule has 4 amide bonds. The Morgan fingerprint density at radius 2 is 0.833 bits per heavy atom. The van der Waals surface area contributed by atoms with Crippen molar-refractivity contribution < 1.29 is 9.59 Å². The molecule has 0 bridgehead atoms. The van der Waals surface area contributed by atoms with E-state index in [0.717, 1.165) is 0 Å². The summed E-state index contributed by atoms with van der Waals surface area (Å²) in [7, 11) is 0. The van der Waals surface area contributed by atoms with E-state index in [0.29, 0.717) is 0 Å². The van der Waals surface area contributed by atoms with Crippen molar-refractivity contribution in [3.63, 3.8) is 0 Å². The number of amides is 4. The van der Waals surface area contributed by atoms with Crippen LogP contribution in [0.2, 0.25) is 0 Å². The van der Waals surface area contributed by atoms with E-state index >= 15 is 0 Å². The molecule has 0 rings (SSSR count). The molecule has 0 heterocycles. The number of hydrazine groups is 4. The summed E-state index contributed by atoms with van der Waals surface area (Å²) in [5.41, 5.74) is 6.96. The van der Waals surface area contributed by atoms with Gasteiger partial charge in [0.1, 0.15) is 0 Å². The summed E-state index contributed by atoms with van der Waals surface area (Å²) in [6, 6.07) is -1.20. The van der Waals surface area contributed by atoms with Crippen molar-refractivity contribution in [2.45, 2.75) is 0 Å². The van der Waals surface area contributed by atoms with Crippen molar-refractivity contribution in [3.8, 4) is 0 Å². The highest BCUT2D eigenvalue weighted by Gasteiger charge is 1.83. The summed E-state index contributed by atoms with van der Waals surface area (Å²) < 4.78 is 0. The van der Waals surface area contributed by atoms with Crippen molar-refractivity contribution in [3.05, 3.63) is 0 Å². The fraction of sp³-hybridized carbons (Fsp3) is 0. The second-order valence-electron chi connectivity index (χ2n) is 1.24. The normalized spacial score (nSPS) is 7.00. The van der Waals surface area contributed by atoms with E-state index in [1.54, 1.807) is 21.7 Å². The van der Waals surface area contributed by atoms with Crippen molar-refractivity contribution in [2.24, 2.45) is 23.4 Å². The highest BCUT2D eigenvalue weighted by Crippen LogP contribution is 1.43. The van der Waals surface area contributed by atoms with E-state index in [-0.39, 0.29) is 0 Å². The third kappa shape index (κ3) is 11.2. The van der Waals surface area contributed by atoms with E-state index in [9.17, 15) is 9.59 Å². The molecule has 10 heteroatoms. The van der Waals surface area contributed by atoms with Gasteiger partial charge in [-0.15, -0.1) is 0 Å². The van der Waals surface area contributed by atoms with Crippen LogP contribution in [0.5, 0.6) is 0 Å². The van der Waals surface area contributed by atoms with Crippen LogP contribution in [0.3, 0.4) is 0 Å². The van der Waals surface area contributed by atoms with Crippen LogP contribution >= 0.6 is 0 Å². The zero-order valence-corrected chi connectivity index (χ0v) is 6.13. The molecule has 0 saturated carbocycles. The summed E-state index contributed by atoms with van der Waals surface area (Å²) in [6.45, 7) is 0. The molecule has 0 radical (unpaired) electrons. The number of carbonyl (C=O) groups excluding carboxylic acids is 2. The predicted molar refractivity (Wildman–Crippen MR) is 40.1 cm³/mol. The summed E-state index contributed by atoms with van der Waals surface area (Å²) in [4.78, 5) is 19.4. The smallest absolute Gasteiger partial charge is 0.275 e. The molecule has 0 unspecified atom stereocenters. The number of nitrogens with two attached hydrogens (primary N) is 4. The minimum Gasteiger partial charge on any atom is -0.275 e. The van der Waals surface area contributed by atoms with E-state index in [1.165, 1.54) is 0 Å². The van der Waals surface area contributed by atoms with Crippen LogP contribution < -0.4 is 45.1 Å². The topological polar surface area (TPSA) is 186 Å². The fourth-order valence-electron chi connectivity index (χ4n) is 0.0833. The van der Waals surface area contributed by atoms with Gasteiger partial charge in [-0.2, -0.15) is 0 Å². The van der Waals surface area contributed by atoms with Crippen LogP contribution in [0.25, 0.3) is 0 Å². The summed E-state index contributed by atoms with van der Waals surface area (Å²) in [5.74, 6) is 18.2. The molecule has 0 aliphatic heterocycles. The maximum absolute atomic E-state index is 9.71. The monoisotopic (exact) mass is 180 g/mol. The Hall–Kier alpha value is -1.62. The lowest BCUT2D eigenvalue weighted by Gasteiger charge is -1.90. The molecule has 0 aliphatic carbocycles. The van der Waals surface area contributed by atoms with Gasteiger partial charge in [0.05, 0.1) is 0 Å². The van der Waals surface area contributed by atoms with Crippen molar-refractivity contribution in [2.75, 3.05) is 0 Å². The van der Waals surface area contributed by atoms with Gasteiger partial charge in [-0.1, -0.05) is 0 Å². The molecule has 72 valence electrons. The second kappa shape index (κ2) is 9.38. The van der Waals surface area contributed by atoms with E-state index in [4.69, 9.17) is 0 Å². The Labute approximate surface area is 67.9 Å². The maximum atomic E-state index is 9.71. The van der Waals surface area contributed by atoms with Crippen LogP contribution in [0.1, 0.15) is 0 Å². The Kier molecular flexibility index (Phi) is 10.2. The average Bonchev–Trinajstić information content (AvgIpc) is 2.16. The Morgan fingerprint density at radius 1 is 0.667 bits per heavy atom. The van der Waals surface area contributed by atoms with E-state index < -0.39 is 12.1 Å². The highest BCUT2D eigenvalue weighted by atomic mass is 16.2. The molecule has 0 aromatic rings. The van der Waals surface area contributed by atoms with Gasteiger partial charge in [0.15, 0.2) is 0 Å². The van der Waals surface area contributed by atoms with Gasteiger partial charge in [-0.05, 0) is 0 Å². The Bertz CT molecular complexity index is 107. The first kappa shape index (κ1) is 13.0. The summed E-state index contributed by atoms with van der Waals surface area (Å²) in [6.07, 6.45) is 0. The zero-order chi connectivity index (χ0) is 9.98. The van der Waals surface area contributed by atoms with Gasteiger partial charge in [-0.25, -0.2) is 33.0 Å². The fourth-order valence-corrected chi connectivity index (χ4v) is 0.0833. The summed E-state index contributed by atoms with van der Waals surface area (Å²) >= 11 is 0. The molecule has 12 N–H and O–H groups in total. The van der Waals surface area contributed by atoms with Crippen molar-refractivity contribution >= 4 is 12.1 Å². The van der Waals surface area contributed by atoms with Gasteiger partial charge < -0.3 is 0 Å². The lowest BCUT2D eigenvalue weighted by Crippen LogP contribution is -2.43. The SMILES string of the molecule is NNC(=O)NN.NNC(=O)NN. The van der Waals surface area contributed by atoms with Gasteiger partial charge in [0.25, 0.3) is 0 Å². The average molecular weight is 180 g/mol. The minimum atomic E-state index is -0.602. The number of hydrogen-bond donors (Lipinski definition) is 8. The van der Waals surface area contributed by atoms with Crippen molar-refractivity contribution in [1.82, 2.24) is 21.7 Å². The third-order valence-corrected chi connectivity index (χ3v) is 0.524. The molecule has 0 fully saturated rings. The number of nitrogens with one attached hydrogen (secondary N) is 4. The molecule has 10 nitrogen and oxygen atoms in total. The quantitative estimate of drug-likeness (QED) is 0.107. The minimum absolute atomic E-state index is 0.602. The van der Waals surface area contributed by atoms with Gasteiger partial charge in [0.2, 0.25) is 0 Å². The van der Waals surface area contributed by atoms with Gasteiger partial charge in [0, 0.05) is 0 Å². The number of rotatable bonds is 0. The standard InChI is InChI=1S/2CH6N4O/c2*2-4-1(6)5-3/h2*2-3H2,(H2,4,5,6). The molecule has 0 aromatic carbocycles. The maximum Gasteiger partial charge on any atom is 0.343 e. The number of hydrogen-bond acceptors (Lipinski definition) is 6. The number of urea groups is 2. The van der Waals surface area contributed by atoms with Crippen molar-refractivity contribution in [1.29, 1.82) is 0 Å². The first-order chi connectivity index (χ1) is 5.62. The van der Waals surface area contributed by atoms with E-state index in [2.05, 4.69) is 23.4 Å². The molecule has 12 heavy (non-hydrogen) atoms. The molecule has 0 aliphatic rings. The molecule has 0 atom stereocenters. The third-order valence-electron chi connectivity index (χ3n) is 0.524. The van der Waals surface area contributed by atoms with Crippen LogP contribution in [0.15, 0.2) is 0 Å². The predicted octanol–water partition coefficient (Wildman–Crippen LogP) is -3.93. The molecule has 0 aromatic heterocycles. The van der Waals surface area contributed by atoms with E-state index in [1.807, 2.05) is 0 Å². The van der Waals surface area contributed by atoms with Crippen LogP contribution in [-0.2, 0) is 0 Å². The number of carbonyl (C=O) groups is 2. The highest BCUT2D eigenvalue weighted by molar-refractivity contribution is 5.72. The molecular weight excluding hydrogens is 168 g/mol. The Balaban J connectivity index is 0. The lowest BCUT2D eigenvalue weighted by molar-refractivity contribution is 0.240. The summed E-state index contributed by atoms with van der Waals surface area (Å²) in [5, 5.41) is 0. The molecular formula is C2H12N8O2. The van der Waals surface area contributed by atoms with Crippen LogP contribution in [0.4, 0.5) is 9.59 Å². The van der Waals surface area contributed by atoms with Gasteiger partial charge >= 0.3 is 12.1 Å². The zero-order valence-electron chi connectivity index (χ0n) is 6.13. The molecule has 0 spiro atoms. The Morgan fingerprint density at radius 3 is 0.833 bits per heavy atom. The van der Waals surface area contributed by atoms with Crippen LogP contribution in [-0.4, -0.2) is 12.1 Å². The largest absolute Gasteiger partial charge is 0.343 e.